The highest BCUT2D eigenvalue weighted by Gasteiger charge is 2.09. The molecule has 0 spiro atoms. The van der Waals surface area contributed by atoms with E-state index in [-0.39, 0.29) is 5.97 Å². The van der Waals surface area contributed by atoms with Crippen LogP contribution in [-0.4, -0.2) is 12.6 Å². The van der Waals surface area contributed by atoms with Gasteiger partial charge < -0.3 is 4.74 Å². The molecule has 0 radical (unpaired) electrons. The molecule has 1 rings (SSSR count). The van der Waals surface area contributed by atoms with Crippen LogP contribution in [0, 0.1) is 5.92 Å². The molecule has 1 aliphatic rings. The Bertz CT molecular complexity index is 233. The van der Waals surface area contributed by atoms with Crippen molar-refractivity contribution in [3.05, 3.63) is 12.2 Å². The highest BCUT2D eigenvalue weighted by molar-refractivity contribution is 5.69. The minimum Gasteiger partial charge on any atom is -0.465 e. The maximum absolute atomic E-state index is 11.4. The van der Waals surface area contributed by atoms with Gasteiger partial charge in [-0.1, -0.05) is 38.3 Å². The molecular weight excluding hydrogens is 200 g/mol. The van der Waals surface area contributed by atoms with Crippen molar-refractivity contribution in [2.45, 2.75) is 58.3 Å². The summed E-state index contributed by atoms with van der Waals surface area (Å²) in [6, 6.07) is 0. The van der Waals surface area contributed by atoms with Gasteiger partial charge in [0, 0.05) is 6.42 Å². The molecule has 0 unspecified atom stereocenters. The number of hydrogen-bond donors (Lipinski definition) is 0. The molecule has 0 saturated carbocycles. The standard InChI is InChI=1S/C14H24O2/c1-12-8-6-4-3-5-7-9-14(15)16-11-13(2)10-12/h13H,1,3-11H2,2H3/t13-/m1/s1. The van der Waals surface area contributed by atoms with Crippen molar-refractivity contribution in [3.8, 4) is 0 Å². The van der Waals surface area contributed by atoms with Gasteiger partial charge in [-0.3, -0.25) is 4.79 Å². The third kappa shape index (κ3) is 5.94. The van der Waals surface area contributed by atoms with Crippen LogP contribution in [0.5, 0.6) is 0 Å². The van der Waals surface area contributed by atoms with Gasteiger partial charge in [-0.15, -0.1) is 0 Å². The van der Waals surface area contributed by atoms with Gasteiger partial charge in [0.15, 0.2) is 0 Å². The number of hydrogen-bond acceptors (Lipinski definition) is 2. The maximum Gasteiger partial charge on any atom is 0.305 e. The van der Waals surface area contributed by atoms with E-state index in [1.54, 1.807) is 0 Å². The van der Waals surface area contributed by atoms with Gasteiger partial charge >= 0.3 is 5.97 Å². The van der Waals surface area contributed by atoms with Crippen molar-refractivity contribution in [3.63, 3.8) is 0 Å². The Morgan fingerprint density at radius 2 is 1.75 bits per heavy atom. The lowest BCUT2D eigenvalue weighted by Crippen LogP contribution is -2.12. The first-order chi connectivity index (χ1) is 7.68. The second-order valence-corrected chi connectivity index (χ2v) is 5.01. The Morgan fingerprint density at radius 1 is 1.12 bits per heavy atom. The van der Waals surface area contributed by atoms with Gasteiger partial charge in [-0.05, 0) is 31.6 Å². The molecule has 2 heteroatoms. The largest absolute Gasteiger partial charge is 0.465 e. The van der Waals surface area contributed by atoms with Crippen molar-refractivity contribution in [2.24, 2.45) is 5.92 Å². The second kappa shape index (κ2) is 7.48. The highest BCUT2D eigenvalue weighted by atomic mass is 16.5. The summed E-state index contributed by atoms with van der Waals surface area (Å²) in [5, 5.41) is 0. The Labute approximate surface area is 99.1 Å². The average molecular weight is 224 g/mol. The minimum absolute atomic E-state index is 0.0308. The zero-order valence-electron chi connectivity index (χ0n) is 10.5. The highest BCUT2D eigenvalue weighted by Crippen LogP contribution is 2.18. The SMILES string of the molecule is C=C1CCCCCCCC(=O)OC[C@H](C)C1. The first-order valence-electron chi connectivity index (χ1n) is 6.50. The van der Waals surface area contributed by atoms with E-state index < -0.39 is 0 Å². The van der Waals surface area contributed by atoms with E-state index in [4.69, 9.17) is 4.74 Å². The molecule has 0 aromatic heterocycles. The molecule has 1 saturated heterocycles. The predicted molar refractivity (Wildman–Crippen MR) is 66.2 cm³/mol. The molecule has 0 bridgehead atoms. The Morgan fingerprint density at radius 3 is 2.50 bits per heavy atom. The number of allylic oxidation sites excluding steroid dienone is 1. The van der Waals surface area contributed by atoms with E-state index in [9.17, 15) is 4.79 Å². The molecule has 0 N–H and O–H groups in total. The Balaban J connectivity index is 2.38. The predicted octanol–water partition coefficient (Wildman–Crippen LogP) is 3.86. The molecule has 0 aliphatic carbocycles. The van der Waals surface area contributed by atoms with Crippen molar-refractivity contribution in [1.29, 1.82) is 0 Å². The normalized spacial score (nSPS) is 26.2. The molecular formula is C14H24O2. The van der Waals surface area contributed by atoms with Crippen LogP contribution in [0.1, 0.15) is 58.3 Å². The summed E-state index contributed by atoms with van der Waals surface area (Å²) < 4.78 is 5.24. The summed E-state index contributed by atoms with van der Waals surface area (Å²) in [7, 11) is 0. The summed E-state index contributed by atoms with van der Waals surface area (Å²) in [6.45, 7) is 6.77. The third-order valence-corrected chi connectivity index (χ3v) is 3.08. The van der Waals surface area contributed by atoms with Crippen LogP contribution in [0.15, 0.2) is 12.2 Å². The van der Waals surface area contributed by atoms with Crippen LogP contribution < -0.4 is 0 Å². The van der Waals surface area contributed by atoms with E-state index in [1.807, 2.05) is 0 Å². The van der Waals surface area contributed by atoms with Crippen LogP contribution in [0.4, 0.5) is 0 Å². The fourth-order valence-electron chi connectivity index (χ4n) is 2.14. The van der Waals surface area contributed by atoms with Crippen molar-refractivity contribution in [2.75, 3.05) is 6.61 Å². The summed E-state index contributed by atoms with van der Waals surface area (Å²) in [6.07, 6.45) is 8.60. The van der Waals surface area contributed by atoms with Gasteiger partial charge in [-0.2, -0.15) is 0 Å². The number of carbonyl (C=O) groups excluding carboxylic acids is 1. The van der Waals surface area contributed by atoms with E-state index in [0.29, 0.717) is 18.9 Å². The number of ether oxygens (including phenoxy) is 1. The molecule has 16 heavy (non-hydrogen) atoms. The minimum atomic E-state index is -0.0308. The van der Waals surface area contributed by atoms with Gasteiger partial charge in [0.05, 0.1) is 6.61 Å². The zero-order valence-corrected chi connectivity index (χ0v) is 10.5. The molecule has 1 heterocycles. The van der Waals surface area contributed by atoms with Gasteiger partial charge in [0.1, 0.15) is 0 Å². The molecule has 1 fully saturated rings. The third-order valence-electron chi connectivity index (χ3n) is 3.08. The number of rotatable bonds is 0. The van der Waals surface area contributed by atoms with Crippen molar-refractivity contribution in [1.82, 2.24) is 0 Å². The van der Waals surface area contributed by atoms with Crippen molar-refractivity contribution >= 4 is 5.97 Å². The van der Waals surface area contributed by atoms with Gasteiger partial charge in [0.2, 0.25) is 0 Å². The smallest absolute Gasteiger partial charge is 0.305 e. The van der Waals surface area contributed by atoms with Crippen LogP contribution in [0.3, 0.4) is 0 Å². The molecule has 0 amide bonds. The lowest BCUT2D eigenvalue weighted by atomic mass is 9.98. The topological polar surface area (TPSA) is 26.3 Å². The molecule has 2 nitrogen and oxygen atoms in total. The number of cyclic esters (lactones) is 1. The number of carbonyl (C=O) groups is 1. The number of esters is 1. The van der Waals surface area contributed by atoms with E-state index in [2.05, 4.69) is 13.5 Å². The lowest BCUT2D eigenvalue weighted by Gasteiger charge is -2.13. The summed E-state index contributed by atoms with van der Waals surface area (Å²) in [5.41, 5.74) is 1.31. The van der Waals surface area contributed by atoms with Crippen LogP contribution >= 0.6 is 0 Å². The zero-order chi connectivity index (χ0) is 11.8. The molecule has 1 atom stereocenters. The Hall–Kier alpha value is -0.790. The average Bonchev–Trinajstić information content (AvgIpc) is 2.25. The first kappa shape index (κ1) is 13.3. The fourth-order valence-corrected chi connectivity index (χ4v) is 2.14. The second-order valence-electron chi connectivity index (χ2n) is 5.01. The fraction of sp³-hybridized carbons (Fsp3) is 0.786. The quantitative estimate of drug-likeness (QED) is 0.461. The molecule has 1 aliphatic heterocycles. The summed E-state index contributed by atoms with van der Waals surface area (Å²) in [4.78, 5) is 11.4. The van der Waals surface area contributed by atoms with E-state index >= 15 is 0 Å². The van der Waals surface area contributed by atoms with Gasteiger partial charge in [-0.25, -0.2) is 0 Å². The Kier molecular flexibility index (Phi) is 6.20. The molecule has 0 aromatic rings. The van der Waals surface area contributed by atoms with E-state index in [0.717, 1.165) is 25.7 Å². The maximum atomic E-state index is 11.4. The van der Waals surface area contributed by atoms with Crippen molar-refractivity contribution < 1.29 is 9.53 Å². The van der Waals surface area contributed by atoms with Crippen LogP contribution in [-0.2, 0) is 9.53 Å². The summed E-state index contributed by atoms with van der Waals surface area (Å²) >= 11 is 0. The first-order valence-corrected chi connectivity index (χ1v) is 6.50. The van der Waals surface area contributed by atoms with E-state index in [1.165, 1.54) is 24.8 Å². The van der Waals surface area contributed by atoms with Crippen LogP contribution in [0.25, 0.3) is 0 Å². The molecule has 92 valence electrons. The molecule has 0 aromatic carbocycles. The van der Waals surface area contributed by atoms with Crippen LogP contribution in [0.2, 0.25) is 0 Å². The van der Waals surface area contributed by atoms with Gasteiger partial charge in [0.25, 0.3) is 0 Å². The summed E-state index contributed by atoms with van der Waals surface area (Å²) in [5.74, 6) is 0.383. The monoisotopic (exact) mass is 224 g/mol. The lowest BCUT2D eigenvalue weighted by molar-refractivity contribution is -0.145.